The van der Waals surface area contributed by atoms with E-state index in [4.69, 9.17) is 14.2 Å². The molecule has 0 saturated carbocycles. The number of nitrogens with zero attached hydrogens (tertiary/aromatic N) is 7. The molecule has 2 N–H and O–H groups in total. The average molecular weight is 582 g/mol. The summed E-state index contributed by atoms with van der Waals surface area (Å²) in [6.07, 6.45) is 3.10. The van der Waals surface area contributed by atoms with E-state index in [1.54, 1.807) is 17.4 Å². The van der Waals surface area contributed by atoms with Crippen LogP contribution in [-0.4, -0.2) is 77.7 Å². The molecule has 1 amide bonds. The van der Waals surface area contributed by atoms with Gasteiger partial charge in [0.2, 0.25) is 5.95 Å². The zero-order chi connectivity index (χ0) is 30.1. The topological polar surface area (TPSA) is 138 Å². The molecule has 5 aromatic rings. The van der Waals surface area contributed by atoms with E-state index in [2.05, 4.69) is 35.3 Å². The maximum absolute atomic E-state index is 12.4. The minimum Gasteiger partial charge on any atom is -0.444 e. The first-order valence-corrected chi connectivity index (χ1v) is 14.3. The van der Waals surface area contributed by atoms with Gasteiger partial charge < -0.3 is 24.5 Å². The maximum Gasteiger partial charge on any atom is 0.410 e. The Hall–Kier alpha value is -4.84. The molecule has 0 radical (unpaired) electrons. The summed E-state index contributed by atoms with van der Waals surface area (Å²) in [7, 11) is 0. The standard InChI is InChI=1S/C31H35N9O3/c1-19-28(20(2)43-38-19)26-16-24(33-18-34-26)22-6-7-23-25(15-22)36-29(35-23)37-27-14-21(8-9-32-27)17-39-10-12-40(13-11-39)30(41)42-31(3,4)5/h6-9,14-16,18H,10-13,17H2,1-5H3,(H2,32,35,36,37). The second-order valence-electron chi connectivity index (χ2n) is 11.7. The van der Waals surface area contributed by atoms with E-state index >= 15 is 0 Å². The number of benzene rings is 1. The summed E-state index contributed by atoms with van der Waals surface area (Å²) in [5.74, 6) is 2.02. The fourth-order valence-corrected chi connectivity index (χ4v) is 5.16. The predicted molar refractivity (Wildman–Crippen MR) is 163 cm³/mol. The predicted octanol–water partition coefficient (Wildman–Crippen LogP) is 5.48. The van der Waals surface area contributed by atoms with Gasteiger partial charge in [0.05, 0.1) is 33.7 Å². The molecular formula is C31H35N9O3. The molecule has 0 aliphatic carbocycles. The quantitative estimate of drug-likeness (QED) is 0.265. The van der Waals surface area contributed by atoms with Crippen molar-refractivity contribution >= 4 is 28.9 Å². The summed E-state index contributed by atoms with van der Waals surface area (Å²) in [4.78, 5) is 38.0. The highest BCUT2D eigenvalue weighted by Crippen LogP contribution is 2.29. The lowest BCUT2D eigenvalue weighted by Crippen LogP contribution is -2.49. The molecule has 1 saturated heterocycles. The minimum atomic E-state index is -0.491. The Morgan fingerprint density at radius 3 is 2.56 bits per heavy atom. The first-order valence-electron chi connectivity index (χ1n) is 14.3. The summed E-state index contributed by atoms with van der Waals surface area (Å²) in [5.41, 5.74) is 6.50. The van der Waals surface area contributed by atoms with Crippen LogP contribution < -0.4 is 5.32 Å². The number of imidazole rings is 1. The van der Waals surface area contributed by atoms with E-state index in [-0.39, 0.29) is 6.09 Å². The van der Waals surface area contributed by atoms with Gasteiger partial charge >= 0.3 is 6.09 Å². The van der Waals surface area contributed by atoms with Crippen molar-refractivity contribution < 1.29 is 14.1 Å². The van der Waals surface area contributed by atoms with Crippen molar-refractivity contribution in [1.82, 2.24) is 39.9 Å². The van der Waals surface area contributed by atoms with E-state index in [9.17, 15) is 4.79 Å². The Kier molecular flexibility index (Phi) is 7.53. The molecular weight excluding hydrogens is 546 g/mol. The molecule has 5 heterocycles. The van der Waals surface area contributed by atoms with Gasteiger partial charge in [-0.3, -0.25) is 4.90 Å². The lowest BCUT2D eigenvalue weighted by Gasteiger charge is -2.35. The van der Waals surface area contributed by atoms with Crippen molar-refractivity contribution in [3.63, 3.8) is 0 Å². The summed E-state index contributed by atoms with van der Waals surface area (Å²) < 4.78 is 10.8. The molecule has 43 heavy (non-hydrogen) atoms. The van der Waals surface area contributed by atoms with Crippen LogP contribution in [0, 0.1) is 13.8 Å². The maximum atomic E-state index is 12.4. The zero-order valence-corrected chi connectivity index (χ0v) is 25.0. The summed E-state index contributed by atoms with van der Waals surface area (Å²) in [6.45, 7) is 13.0. The van der Waals surface area contributed by atoms with Gasteiger partial charge in [0, 0.05) is 44.5 Å². The number of carbonyl (C=O) groups excluding carboxylic acids is 1. The Balaban J connectivity index is 1.11. The molecule has 0 bridgehead atoms. The Morgan fingerprint density at radius 1 is 1.02 bits per heavy atom. The number of amides is 1. The van der Waals surface area contributed by atoms with E-state index in [1.165, 1.54) is 0 Å². The van der Waals surface area contributed by atoms with Crippen LogP contribution in [0.1, 0.15) is 37.8 Å². The lowest BCUT2D eigenvalue weighted by atomic mass is 10.1. The fraction of sp³-hybridized carbons (Fsp3) is 0.355. The molecule has 1 aliphatic heterocycles. The van der Waals surface area contributed by atoms with Crippen molar-refractivity contribution in [2.75, 3.05) is 31.5 Å². The van der Waals surface area contributed by atoms with Crippen LogP contribution in [0.3, 0.4) is 0 Å². The van der Waals surface area contributed by atoms with Crippen LogP contribution in [0.2, 0.25) is 0 Å². The monoisotopic (exact) mass is 581 g/mol. The number of H-pyrrole nitrogens is 1. The van der Waals surface area contributed by atoms with Gasteiger partial charge in [-0.1, -0.05) is 11.2 Å². The molecule has 0 atom stereocenters. The molecule has 1 aliphatic rings. The molecule has 4 aromatic heterocycles. The van der Waals surface area contributed by atoms with Crippen molar-refractivity contribution in [3.8, 4) is 22.5 Å². The second kappa shape index (κ2) is 11.4. The van der Waals surface area contributed by atoms with Gasteiger partial charge in [-0.15, -0.1) is 0 Å². The van der Waals surface area contributed by atoms with Crippen LogP contribution in [-0.2, 0) is 11.3 Å². The Bertz CT molecular complexity index is 1740. The number of piperazine rings is 1. The average Bonchev–Trinajstić information content (AvgIpc) is 3.53. The van der Waals surface area contributed by atoms with Crippen LogP contribution >= 0.6 is 0 Å². The van der Waals surface area contributed by atoms with Gasteiger partial charge in [0.15, 0.2) is 0 Å². The number of rotatable bonds is 6. The molecule has 222 valence electrons. The van der Waals surface area contributed by atoms with Crippen LogP contribution in [0.4, 0.5) is 16.6 Å². The zero-order valence-electron chi connectivity index (χ0n) is 25.0. The number of aromatic nitrogens is 6. The third-order valence-electron chi connectivity index (χ3n) is 7.24. The number of pyridine rings is 1. The normalized spacial score (nSPS) is 14.3. The fourth-order valence-electron chi connectivity index (χ4n) is 5.16. The smallest absolute Gasteiger partial charge is 0.410 e. The van der Waals surface area contributed by atoms with Crippen molar-refractivity contribution in [2.24, 2.45) is 0 Å². The number of fused-ring (bicyclic) bond motifs is 1. The molecule has 0 spiro atoms. The molecule has 0 unspecified atom stereocenters. The first kappa shape index (κ1) is 28.3. The second-order valence-corrected chi connectivity index (χ2v) is 11.7. The van der Waals surface area contributed by atoms with E-state index in [1.807, 2.05) is 71.0 Å². The van der Waals surface area contributed by atoms with Crippen LogP contribution in [0.15, 0.2) is 53.4 Å². The lowest BCUT2D eigenvalue weighted by molar-refractivity contribution is 0.0139. The van der Waals surface area contributed by atoms with Crippen LogP contribution in [0.5, 0.6) is 0 Å². The highest BCUT2D eigenvalue weighted by molar-refractivity contribution is 5.84. The van der Waals surface area contributed by atoms with Crippen molar-refractivity contribution in [3.05, 3.63) is 65.9 Å². The number of aromatic amines is 1. The van der Waals surface area contributed by atoms with E-state index in [0.717, 1.165) is 70.2 Å². The summed E-state index contributed by atoms with van der Waals surface area (Å²) in [6, 6.07) is 12.0. The third kappa shape index (κ3) is 6.49. The Labute approximate surface area is 249 Å². The van der Waals surface area contributed by atoms with Gasteiger partial charge in [0.1, 0.15) is 23.5 Å². The minimum absolute atomic E-state index is 0.251. The van der Waals surface area contributed by atoms with Crippen molar-refractivity contribution in [2.45, 2.75) is 46.8 Å². The van der Waals surface area contributed by atoms with Gasteiger partial charge in [-0.25, -0.2) is 24.7 Å². The number of ether oxygens (including phenoxy) is 1. The number of carbonyl (C=O) groups is 1. The van der Waals surface area contributed by atoms with E-state index < -0.39 is 5.60 Å². The number of hydrogen-bond acceptors (Lipinski definition) is 10. The summed E-state index contributed by atoms with van der Waals surface area (Å²) >= 11 is 0. The molecule has 12 nitrogen and oxygen atoms in total. The number of anilines is 2. The van der Waals surface area contributed by atoms with E-state index in [0.29, 0.717) is 24.9 Å². The first-order chi connectivity index (χ1) is 20.6. The van der Waals surface area contributed by atoms with Crippen LogP contribution in [0.25, 0.3) is 33.5 Å². The number of hydrogen-bond donors (Lipinski definition) is 2. The van der Waals surface area contributed by atoms with Gasteiger partial charge in [0.25, 0.3) is 0 Å². The molecule has 1 aromatic carbocycles. The van der Waals surface area contributed by atoms with Gasteiger partial charge in [-0.2, -0.15) is 0 Å². The largest absolute Gasteiger partial charge is 0.444 e. The molecule has 1 fully saturated rings. The third-order valence-corrected chi connectivity index (χ3v) is 7.24. The number of aryl methyl sites for hydroxylation is 2. The highest BCUT2D eigenvalue weighted by Gasteiger charge is 2.26. The highest BCUT2D eigenvalue weighted by atomic mass is 16.6. The molecule has 6 rings (SSSR count). The van der Waals surface area contributed by atoms with Gasteiger partial charge in [-0.05, 0) is 70.5 Å². The van der Waals surface area contributed by atoms with Crippen molar-refractivity contribution in [1.29, 1.82) is 0 Å². The number of nitrogens with one attached hydrogen (secondary N) is 2. The Morgan fingerprint density at radius 2 is 1.81 bits per heavy atom. The molecule has 12 heteroatoms. The SMILES string of the molecule is Cc1noc(C)c1-c1cc(-c2ccc3nc(Nc4cc(CN5CCN(C(=O)OC(C)(C)C)CC5)ccn4)[nH]c3c2)ncn1. The summed E-state index contributed by atoms with van der Waals surface area (Å²) in [5, 5.41) is 7.35.